The van der Waals surface area contributed by atoms with Gasteiger partial charge in [0.15, 0.2) is 0 Å². The van der Waals surface area contributed by atoms with Crippen LogP contribution in [0.25, 0.3) is 0 Å². The van der Waals surface area contributed by atoms with Gasteiger partial charge >= 0.3 is 6.18 Å². The van der Waals surface area contributed by atoms with E-state index in [1.807, 2.05) is 0 Å². The van der Waals surface area contributed by atoms with Crippen molar-refractivity contribution in [3.05, 3.63) is 34.9 Å². The van der Waals surface area contributed by atoms with Gasteiger partial charge in [0.05, 0.1) is 0 Å². The van der Waals surface area contributed by atoms with Crippen molar-refractivity contribution in [2.45, 2.75) is 25.9 Å². The summed E-state index contributed by atoms with van der Waals surface area (Å²) in [6.45, 7) is 1.49. The third-order valence-corrected chi connectivity index (χ3v) is 2.71. The molecule has 0 aliphatic rings. The van der Waals surface area contributed by atoms with E-state index >= 15 is 0 Å². The predicted octanol–water partition coefficient (Wildman–Crippen LogP) is 2.41. The molecule has 0 atom stereocenters. The molecule has 3 nitrogen and oxygen atoms in total. The zero-order chi connectivity index (χ0) is 15.9. The largest absolute Gasteiger partial charge is 0.389 e. The Balaban J connectivity index is 2.57. The third-order valence-electron chi connectivity index (χ3n) is 2.71. The van der Waals surface area contributed by atoms with Gasteiger partial charge < -0.3 is 10.4 Å². The van der Waals surface area contributed by atoms with Crippen LogP contribution < -0.4 is 5.32 Å². The summed E-state index contributed by atoms with van der Waals surface area (Å²) in [6.07, 6.45) is -5.26. The zero-order valence-electron chi connectivity index (χ0n) is 11.5. The summed E-state index contributed by atoms with van der Waals surface area (Å²) in [5.74, 6) is 4.83. The van der Waals surface area contributed by atoms with E-state index in [0.717, 1.165) is 5.56 Å². The van der Waals surface area contributed by atoms with Gasteiger partial charge in [0.1, 0.15) is 6.61 Å². The highest BCUT2D eigenvalue weighted by atomic mass is 19.4. The molecule has 0 aromatic heterocycles. The molecule has 1 amide bonds. The summed E-state index contributed by atoms with van der Waals surface area (Å²) >= 11 is 0. The fourth-order valence-electron chi connectivity index (χ4n) is 1.67. The van der Waals surface area contributed by atoms with E-state index in [-0.39, 0.29) is 19.6 Å². The van der Waals surface area contributed by atoms with Gasteiger partial charge in [0.25, 0.3) is 5.91 Å². The summed E-state index contributed by atoms with van der Waals surface area (Å²) in [6, 6.07) is 4.80. The molecule has 2 N–H and O–H groups in total. The highest BCUT2D eigenvalue weighted by molar-refractivity contribution is 5.94. The number of hydrogen-bond acceptors (Lipinski definition) is 2. The Labute approximate surface area is 121 Å². The first-order valence-electron chi connectivity index (χ1n) is 6.39. The van der Waals surface area contributed by atoms with E-state index in [1.165, 1.54) is 0 Å². The average molecular weight is 299 g/mol. The van der Waals surface area contributed by atoms with Crippen LogP contribution in [-0.2, 0) is 0 Å². The summed E-state index contributed by atoms with van der Waals surface area (Å²) in [4.78, 5) is 11.8. The minimum absolute atomic E-state index is 0.0243. The van der Waals surface area contributed by atoms with Crippen LogP contribution >= 0.6 is 0 Å². The Bertz CT molecular complexity index is 556. The number of aliphatic hydroxyl groups excluding tert-OH is 1. The second-order valence-electron chi connectivity index (χ2n) is 4.46. The molecule has 0 unspecified atom stereocenters. The maximum absolute atomic E-state index is 12.0. The quantitative estimate of drug-likeness (QED) is 0.662. The molecule has 1 rings (SSSR count). The molecule has 21 heavy (non-hydrogen) atoms. The number of rotatable bonds is 4. The minimum Gasteiger partial charge on any atom is -0.384 e. The first-order valence-corrected chi connectivity index (χ1v) is 6.39. The van der Waals surface area contributed by atoms with Crippen molar-refractivity contribution in [3.63, 3.8) is 0 Å². The second kappa shape index (κ2) is 7.70. The van der Waals surface area contributed by atoms with Crippen LogP contribution in [0.4, 0.5) is 13.2 Å². The van der Waals surface area contributed by atoms with Gasteiger partial charge in [0.2, 0.25) is 0 Å². The van der Waals surface area contributed by atoms with Gasteiger partial charge in [0, 0.05) is 24.1 Å². The standard InChI is InChI=1S/C15H16F3NO2/c1-11-10-13(6-5-12(11)4-2-9-20)14(21)19-8-3-7-15(16,17)18/h5-6,10,20H,3,7-9H2,1H3,(H,19,21). The average Bonchev–Trinajstić information content (AvgIpc) is 2.41. The molecule has 1 aromatic rings. The molecule has 0 heterocycles. The van der Waals surface area contributed by atoms with Crippen molar-refractivity contribution in [3.8, 4) is 11.8 Å². The third kappa shape index (κ3) is 6.32. The van der Waals surface area contributed by atoms with E-state index in [9.17, 15) is 18.0 Å². The van der Waals surface area contributed by atoms with Gasteiger partial charge in [-0.1, -0.05) is 11.8 Å². The van der Waals surface area contributed by atoms with Gasteiger partial charge in [-0.2, -0.15) is 13.2 Å². The fraction of sp³-hybridized carbons (Fsp3) is 0.400. The Morgan fingerprint density at radius 3 is 2.67 bits per heavy atom. The van der Waals surface area contributed by atoms with Crippen molar-refractivity contribution < 1.29 is 23.1 Å². The molecule has 1 aromatic carbocycles. The van der Waals surface area contributed by atoms with E-state index in [0.29, 0.717) is 11.1 Å². The second-order valence-corrected chi connectivity index (χ2v) is 4.46. The lowest BCUT2D eigenvalue weighted by molar-refractivity contribution is -0.135. The number of amides is 1. The van der Waals surface area contributed by atoms with Crippen LogP contribution in [0.15, 0.2) is 18.2 Å². The number of nitrogens with one attached hydrogen (secondary N) is 1. The lowest BCUT2D eigenvalue weighted by Crippen LogP contribution is -2.25. The molecule has 6 heteroatoms. The highest BCUT2D eigenvalue weighted by Gasteiger charge is 2.25. The van der Waals surface area contributed by atoms with Crippen molar-refractivity contribution in [1.82, 2.24) is 5.32 Å². The molecule has 0 aliphatic heterocycles. The van der Waals surface area contributed by atoms with Gasteiger partial charge in [-0.15, -0.1) is 0 Å². The number of aliphatic hydroxyl groups is 1. The molecule has 0 bridgehead atoms. The van der Waals surface area contributed by atoms with Crippen LogP contribution in [0.3, 0.4) is 0 Å². The molecule has 0 saturated carbocycles. The van der Waals surface area contributed by atoms with E-state index in [2.05, 4.69) is 17.2 Å². The van der Waals surface area contributed by atoms with Crippen LogP contribution in [0.1, 0.15) is 34.3 Å². The Morgan fingerprint density at radius 2 is 2.10 bits per heavy atom. The molecule has 0 fully saturated rings. The van der Waals surface area contributed by atoms with Crippen LogP contribution in [-0.4, -0.2) is 30.3 Å². The van der Waals surface area contributed by atoms with Crippen molar-refractivity contribution >= 4 is 5.91 Å². The van der Waals surface area contributed by atoms with E-state index in [4.69, 9.17) is 5.11 Å². The van der Waals surface area contributed by atoms with Crippen molar-refractivity contribution in [2.24, 2.45) is 0 Å². The smallest absolute Gasteiger partial charge is 0.384 e. The predicted molar refractivity (Wildman–Crippen MR) is 72.8 cm³/mol. The molecule has 0 aliphatic carbocycles. The number of halogens is 3. The van der Waals surface area contributed by atoms with E-state index in [1.54, 1.807) is 25.1 Å². The monoisotopic (exact) mass is 299 g/mol. The van der Waals surface area contributed by atoms with Crippen LogP contribution in [0, 0.1) is 18.8 Å². The van der Waals surface area contributed by atoms with Crippen molar-refractivity contribution in [1.29, 1.82) is 0 Å². The molecule has 0 saturated heterocycles. The number of alkyl halides is 3. The van der Waals surface area contributed by atoms with Gasteiger partial charge in [-0.25, -0.2) is 0 Å². The maximum Gasteiger partial charge on any atom is 0.389 e. The molecule has 114 valence electrons. The molecular formula is C15H16F3NO2. The number of carbonyl (C=O) groups excluding carboxylic acids is 1. The summed E-state index contributed by atoms with van der Waals surface area (Å²) in [5, 5.41) is 11.1. The van der Waals surface area contributed by atoms with Gasteiger partial charge in [-0.05, 0) is 37.1 Å². The first kappa shape index (κ1) is 17.1. The SMILES string of the molecule is Cc1cc(C(=O)NCCCC(F)(F)F)ccc1C#CCO. The lowest BCUT2D eigenvalue weighted by atomic mass is 10.0. The van der Waals surface area contributed by atoms with Crippen molar-refractivity contribution in [2.75, 3.05) is 13.2 Å². The number of hydrogen-bond donors (Lipinski definition) is 2. The zero-order valence-corrected chi connectivity index (χ0v) is 11.5. The first-order chi connectivity index (χ1) is 9.83. The summed E-state index contributed by atoms with van der Waals surface area (Å²) in [5.41, 5.74) is 1.82. The van der Waals surface area contributed by atoms with E-state index < -0.39 is 18.5 Å². The van der Waals surface area contributed by atoms with Crippen LogP contribution in [0.2, 0.25) is 0 Å². The normalized spacial score (nSPS) is 10.7. The molecule has 0 radical (unpaired) electrons. The topological polar surface area (TPSA) is 49.3 Å². The molecule has 0 spiro atoms. The number of aryl methyl sites for hydroxylation is 1. The lowest BCUT2D eigenvalue weighted by Gasteiger charge is -2.08. The summed E-state index contributed by atoms with van der Waals surface area (Å²) in [7, 11) is 0. The van der Waals surface area contributed by atoms with Gasteiger partial charge in [-0.3, -0.25) is 4.79 Å². The molecular weight excluding hydrogens is 283 g/mol. The minimum atomic E-state index is -4.20. The number of carbonyl (C=O) groups is 1. The Kier molecular flexibility index (Phi) is 6.25. The Morgan fingerprint density at radius 1 is 1.38 bits per heavy atom. The highest BCUT2D eigenvalue weighted by Crippen LogP contribution is 2.20. The van der Waals surface area contributed by atoms with Crippen LogP contribution in [0.5, 0.6) is 0 Å². The fourth-order valence-corrected chi connectivity index (χ4v) is 1.67. The maximum atomic E-state index is 12.0. The summed E-state index contributed by atoms with van der Waals surface area (Å²) < 4.78 is 35.9. The Hall–Kier alpha value is -2.00. The number of benzene rings is 1.